The summed E-state index contributed by atoms with van der Waals surface area (Å²) in [5.74, 6) is 0.179. The summed E-state index contributed by atoms with van der Waals surface area (Å²) in [7, 11) is 0. The second-order valence-electron chi connectivity index (χ2n) is 3.83. The topological polar surface area (TPSA) is 46.2 Å². The molecule has 86 valence electrons. The molecule has 3 nitrogen and oxygen atoms in total. The fraction of sp³-hybridized carbons (Fsp3) is 0.385. The first-order valence-electron chi connectivity index (χ1n) is 5.45. The molecule has 0 atom stereocenters. The van der Waals surface area contributed by atoms with Crippen molar-refractivity contribution >= 4 is 11.7 Å². The summed E-state index contributed by atoms with van der Waals surface area (Å²) in [5, 5.41) is 2.75. The van der Waals surface area contributed by atoms with Crippen molar-refractivity contribution in [1.29, 1.82) is 0 Å². The lowest BCUT2D eigenvalue weighted by Gasteiger charge is -2.03. The van der Waals surface area contributed by atoms with Gasteiger partial charge < -0.3 is 5.32 Å². The van der Waals surface area contributed by atoms with E-state index in [1.807, 2.05) is 31.2 Å². The first-order chi connectivity index (χ1) is 7.61. The summed E-state index contributed by atoms with van der Waals surface area (Å²) in [5.41, 5.74) is 1.96. The molecule has 0 spiro atoms. The Hall–Kier alpha value is -1.64. The van der Waals surface area contributed by atoms with Gasteiger partial charge in [0.2, 0.25) is 5.91 Å². The van der Waals surface area contributed by atoms with Gasteiger partial charge in [-0.15, -0.1) is 0 Å². The Bertz CT molecular complexity index is 368. The van der Waals surface area contributed by atoms with E-state index in [9.17, 15) is 9.59 Å². The fourth-order valence-corrected chi connectivity index (χ4v) is 1.51. The normalized spacial score (nSPS) is 9.88. The molecule has 0 saturated heterocycles. The largest absolute Gasteiger partial charge is 0.356 e. The highest BCUT2D eigenvalue weighted by atomic mass is 16.1. The summed E-state index contributed by atoms with van der Waals surface area (Å²) in [6.45, 7) is 4.12. The third-order valence-electron chi connectivity index (χ3n) is 2.21. The van der Waals surface area contributed by atoms with Crippen molar-refractivity contribution in [3.8, 4) is 0 Å². The molecule has 16 heavy (non-hydrogen) atoms. The maximum Gasteiger partial charge on any atom is 0.224 e. The Morgan fingerprint density at radius 3 is 2.00 bits per heavy atom. The van der Waals surface area contributed by atoms with Crippen LogP contribution in [0.4, 0.5) is 0 Å². The quantitative estimate of drug-likeness (QED) is 0.815. The molecule has 1 amide bonds. The van der Waals surface area contributed by atoms with Crippen molar-refractivity contribution in [2.45, 2.75) is 26.7 Å². The first-order valence-corrected chi connectivity index (χ1v) is 5.45. The van der Waals surface area contributed by atoms with Crippen molar-refractivity contribution in [1.82, 2.24) is 5.32 Å². The minimum Gasteiger partial charge on any atom is -0.356 e. The maximum atomic E-state index is 11.3. The molecule has 3 heteroatoms. The second kappa shape index (κ2) is 6.05. The standard InChI is InChI=1S/C13H17NO2/c1-3-14-13(16)9-12-6-4-11(5-7-12)8-10(2)15/h4-7H,3,8-9H2,1-2H3,(H,14,16). The molecule has 1 N–H and O–H groups in total. The summed E-state index contributed by atoms with van der Waals surface area (Å²) in [6, 6.07) is 7.59. The number of nitrogens with one attached hydrogen (secondary N) is 1. The summed E-state index contributed by atoms with van der Waals surface area (Å²) in [4.78, 5) is 22.2. The van der Waals surface area contributed by atoms with Gasteiger partial charge in [0.25, 0.3) is 0 Å². The molecule has 0 aliphatic carbocycles. The Balaban J connectivity index is 2.57. The van der Waals surface area contributed by atoms with Crippen LogP contribution in [-0.2, 0) is 22.4 Å². The van der Waals surface area contributed by atoms with E-state index >= 15 is 0 Å². The van der Waals surface area contributed by atoms with E-state index in [2.05, 4.69) is 5.32 Å². The van der Waals surface area contributed by atoms with Crippen LogP contribution in [0.2, 0.25) is 0 Å². The van der Waals surface area contributed by atoms with Crippen LogP contribution in [-0.4, -0.2) is 18.2 Å². The van der Waals surface area contributed by atoms with Crippen LogP contribution in [0.5, 0.6) is 0 Å². The van der Waals surface area contributed by atoms with E-state index in [1.54, 1.807) is 6.92 Å². The zero-order chi connectivity index (χ0) is 12.0. The second-order valence-corrected chi connectivity index (χ2v) is 3.83. The van der Waals surface area contributed by atoms with E-state index in [-0.39, 0.29) is 11.7 Å². The van der Waals surface area contributed by atoms with Gasteiger partial charge in [-0.2, -0.15) is 0 Å². The Kier molecular flexibility index (Phi) is 4.70. The van der Waals surface area contributed by atoms with Crippen molar-refractivity contribution in [2.24, 2.45) is 0 Å². The third kappa shape index (κ3) is 4.26. The first kappa shape index (κ1) is 12.4. The number of benzene rings is 1. The Labute approximate surface area is 95.9 Å². The van der Waals surface area contributed by atoms with Crippen LogP contribution in [0.25, 0.3) is 0 Å². The lowest BCUT2D eigenvalue weighted by molar-refractivity contribution is -0.120. The molecular formula is C13H17NO2. The molecular weight excluding hydrogens is 202 g/mol. The van der Waals surface area contributed by atoms with Gasteiger partial charge in [-0.25, -0.2) is 0 Å². The van der Waals surface area contributed by atoms with Crippen molar-refractivity contribution < 1.29 is 9.59 Å². The highest BCUT2D eigenvalue weighted by Crippen LogP contribution is 2.06. The minimum absolute atomic E-state index is 0.0295. The number of likely N-dealkylation sites (N-methyl/N-ethyl adjacent to an activating group) is 1. The molecule has 0 heterocycles. The molecule has 0 aromatic heterocycles. The van der Waals surface area contributed by atoms with Gasteiger partial charge >= 0.3 is 0 Å². The third-order valence-corrected chi connectivity index (χ3v) is 2.21. The van der Waals surface area contributed by atoms with Crippen LogP contribution in [0.15, 0.2) is 24.3 Å². The van der Waals surface area contributed by atoms with E-state index in [0.717, 1.165) is 11.1 Å². The zero-order valence-corrected chi connectivity index (χ0v) is 9.75. The molecule has 0 aliphatic heterocycles. The minimum atomic E-state index is 0.0295. The van der Waals surface area contributed by atoms with Crippen LogP contribution >= 0.6 is 0 Å². The average Bonchev–Trinajstić information content (AvgIpc) is 2.20. The molecule has 0 saturated carbocycles. The molecule has 1 rings (SSSR count). The van der Waals surface area contributed by atoms with E-state index in [4.69, 9.17) is 0 Å². The maximum absolute atomic E-state index is 11.3. The monoisotopic (exact) mass is 219 g/mol. The Morgan fingerprint density at radius 2 is 1.56 bits per heavy atom. The molecule has 0 bridgehead atoms. The van der Waals surface area contributed by atoms with Crippen LogP contribution in [0, 0.1) is 0 Å². The van der Waals surface area contributed by atoms with Gasteiger partial charge in [0.1, 0.15) is 5.78 Å². The highest BCUT2D eigenvalue weighted by Gasteiger charge is 2.02. The predicted octanol–water partition coefficient (Wildman–Crippen LogP) is 1.50. The van der Waals surface area contributed by atoms with E-state index in [0.29, 0.717) is 19.4 Å². The predicted molar refractivity (Wildman–Crippen MR) is 63.2 cm³/mol. The number of Topliss-reactive ketones (excluding diaryl/α,β-unsaturated/α-hetero) is 1. The Morgan fingerprint density at radius 1 is 1.06 bits per heavy atom. The van der Waals surface area contributed by atoms with Crippen LogP contribution < -0.4 is 5.32 Å². The molecule has 1 aromatic rings. The van der Waals surface area contributed by atoms with E-state index in [1.165, 1.54) is 0 Å². The van der Waals surface area contributed by atoms with Gasteiger partial charge in [-0.1, -0.05) is 24.3 Å². The highest BCUT2D eigenvalue weighted by molar-refractivity contribution is 5.79. The number of ketones is 1. The number of hydrogen-bond donors (Lipinski definition) is 1. The fourth-order valence-electron chi connectivity index (χ4n) is 1.51. The van der Waals surface area contributed by atoms with Gasteiger partial charge in [0.05, 0.1) is 6.42 Å². The van der Waals surface area contributed by atoms with Gasteiger partial charge in [0, 0.05) is 13.0 Å². The van der Waals surface area contributed by atoms with Crippen molar-refractivity contribution in [3.63, 3.8) is 0 Å². The smallest absolute Gasteiger partial charge is 0.224 e. The van der Waals surface area contributed by atoms with Crippen molar-refractivity contribution in [2.75, 3.05) is 6.54 Å². The lowest BCUT2D eigenvalue weighted by atomic mass is 10.1. The zero-order valence-electron chi connectivity index (χ0n) is 9.75. The summed E-state index contributed by atoms with van der Waals surface area (Å²) in [6.07, 6.45) is 0.857. The van der Waals surface area contributed by atoms with Gasteiger partial charge in [0.15, 0.2) is 0 Å². The summed E-state index contributed by atoms with van der Waals surface area (Å²) >= 11 is 0. The number of rotatable bonds is 5. The number of carbonyl (C=O) groups is 2. The molecule has 0 fully saturated rings. The SMILES string of the molecule is CCNC(=O)Cc1ccc(CC(C)=O)cc1. The average molecular weight is 219 g/mol. The molecule has 0 aliphatic rings. The van der Waals surface area contributed by atoms with Crippen LogP contribution in [0.1, 0.15) is 25.0 Å². The molecule has 1 aromatic carbocycles. The van der Waals surface area contributed by atoms with E-state index < -0.39 is 0 Å². The van der Waals surface area contributed by atoms with Crippen molar-refractivity contribution in [3.05, 3.63) is 35.4 Å². The number of amides is 1. The van der Waals surface area contributed by atoms with Crippen LogP contribution in [0.3, 0.4) is 0 Å². The number of carbonyl (C=O) groups excluding carboxylic acids is 2. The van der Waals surface area contributed by atoms with Gasteiger partial charge in [-0.05, 0) is 25.0 Å². The number of hydrogen-bond acceptors (Lipinski definition) is 2. The van der Waals surface area contributed by atoms with Gasteiger partial charge in [-0.3, -0.25) is 9.59 Å². The molecule has 0 unspecified atom stereocenters. The molecule has 0 radical (unpaired) electrons. The lowest BCUT2D eigenvalue weighted by Crippen LogP contribution is -2.24. The summed E-state index contributed by atoms with van der Waals surface area (Å²) < 4.78 is 0.